The standard InChI is InChI=1S/C13H21F3N2O2/c1-9(2)18-11(10(20-4)8-17-18)12(3,19)6-5-7-13(14,15)16/h8-9,19H,5-7H2,1-4H3. The van der Waals surface area contributed by atoms with Crippen LogP contribution in [0.25, 0.3) is 0 Å². The van der Waals surface area contributed by atoms with E-state index in [1.54, 1.807) is 4.68 Å². The maximum atomic E-state index is 12.2. The second kappa shape index (κ2) is 6.03. The van der Waals surface area contributed by atoms with Gasteiger partial charge in [-0.1, -0.05) is 0 Å². The number of halogens is 3. The van der Waals surface area contributed by atoms with E-state index < -0.39 is 18.2 Å². The number of nitrogens with zero attached hydrogens (tertiary/aromatic N) is 2. The molecule has 0 saturated heterocycles. The van der Waals surface area contributed by atoms with Crippen molar-refractivity contribution in [1.82, 2.24) is 9.78 Å². The van der Waals surface area contributed by atoms with E-state index in [1.165, 1.54) is 20.2 Å². The van der Waals surface area contributed by atoms with E-state index in [2.05, 4.69) is 5.10 Å². The topological polar surface area (TPSA) is 47.3 Å². The molecule has 116 valence electrons. The molecule has 0 bridgehead atoms. The van der Waals surface area contributed by atoms with Gasteiger partial charge in [-0.25, -0.2) is 0 Å². The lowest BCUT2D eigenvalue weighted by Gasteiger charge is -2.27. The highest BCUT2D eigenvalue weighted by Crippen LogP contribution is 2.36. The fourth-order valence-corrected chi connectivity index (χ4v) is 2.15. The summed E-state index contributed by atoms with van der Waals surface area (Å²) in [6.07, 6.45) is -3.82. The predicted molar refractivity (Wildman–Crippen MR) is 68.6 cm³/mol. The van der Waals surface area contributed by atoms with Gasteiger partial charge in [-0.05, 0) is 33.6 Å². The van der Waals surface area contributed by atoms with Crippen LogP contribution < -0.4 is 4.74 Å². The summed E-state index contributed by atoms with van der Waals surface area (Å²) in [5.41, 5.74) is -1.01. The minimum absolute atomic E-state index is 0.0126. The summed E-state index contributed by atoms with van der Waals surface area (Å²) < 4.78 is 43.3. The Balaban J connectivity index is 2.93. The maximum Gasteiger partial charge on any atom is 0.389 e. The SMILES string of the molecule is COc1cnn(C(C)C)c1C(C)(O)CCCC(F)(F)F. The molecular weight excluding hydrogens is 273 g/mol. The van der Waals surface area contributed by atoms with Crippen LogP contribution in [0.5, 0.6) is 5.75 Å². The molecule has 0 fully saturated rings. The van der Waals surface area contributed by atoms with E-state index in [-0.39, 0.29) is 18.9 Å². The zero-order valence-electron chi connectivity index (χ0n) is 12.2. The van der Waals surface area contributed by atoms with Gasteiger partial charge in [-0.2, -0.15) is 18.3 Å². The predicted octanol–water partition coefficient (Wildman–Crippen LogP) is 3.41. The van der Waals surface area contributed by atoms with Gasteiger partial charge in [0, 0.05) is 12.5 Å². The molecule has 1 unspecified atom stereocenters. The van der Waals surface area contributed by atoms with E-state index >= 15 is 0 Å². The van der Waals surface area contributed by atoms with Crippen molar-refractivity contribution in [3.05, 3.63) is 11.9 Å². The van der Waals surface area contributed by atoms with E-state index in [0.717, 1.165) is 0 Å². The van der Waals surface area contributed by atoms with Crippen LogP contribution in [-0.2, 0) is 5.60 Å². The monoisotopic (exact) mass is 294 g/mol. The molecule has 1 N–H and O–H groups in total. The minimum Gasteiger partial charge on any atom is -0.493 e. The van der Waals surface area contributed by atoms with Crippen LogP contribution in [0.1, 0.15) is 51.8 Å². The largest absolute Gasteiger partial charge is 0.493 e. The quantitative estimate of drug-likeness (QED) is 0.874. The van der Waals surface area contributed by atoms with Crippen molar-refractivity contribution in [2.75, 3.05) is 7.11 Å². The molecule has 0 radical (unpaired) electrons. The average molecular weight is 294 g/mol. The molecular formula is C13H21F3N2O2. The Morgan fingerprint density at radius 2 is 1.95 bits per heavy atom. The third-order valence-corrected chi connectivity index (χ3v) is 3.10. The summed E-state index contributed by atoms with van der Waals surface area (Å²) in [6, 6.07) is -0.0250. The van der Waals surface area contributed by atoms with E-state index in [1.807, 2.05) is 13.8 Å². The highest BCUT2D eigenvalue weighted by Gasteiger charge is 2.34. The van der Waals surface area contributed by atoms with Crippen LogP contribution in [0.3, 0.4) is 0 Å². The van der Waals surface area contributed by atoms with Gasteiger partial charge in [0.05, 0.1) is 13.3 Å². The van der Waals surface area contributed by atoms with Crippen molar-refractivity contribution < 1.29 is 23.0 Å². The number of alkyl halides is 3. The Hall–Kier alpha value is -1.24. The van der Waals surface area contributed by atoms with E-state index in [4.69, 9.17) is 4.74 Å². The van der Waals surface area contributed by atoms with E-state index in [9.17, 15) is 18.3 Å². The van der Waals surface area contributed by atoms with E-state index in [0.29, 0.717) is 11.4 Å². The number of hydrogen-bond acceptors (Lipinski definition) is 3. The summed E-state index contributed by atoms with van der Waals surface area (Å²) in [4.78, 5) is 0. The molecule has 1 atom stereocenters. The fraction of sp³-hybridized carbons (Fsp3) is 0.769. The smallest absolute Gasteiger partial charge is 0.389 e. The first-order chi connectivity index (χ1) is 9.08. The van der Waals surface area contributed by atoms with Gasteiger partial charge in [-0.3, -0.25) is 4.68 Å². The molecule has 1 aromatic rings. The number of aromatic nitrogens is 2. The molecule has 0 aliphatic heterocycles. The van der Waals surface area contributed by atoms with Gasteiger partial charge < -0.3 is 9.84 Å². The Bertz CT molecular complexity index is 439. The van der Waals surface area contributed by atoms with Crippen molar-refractivity contribution in [1.29, 1.82) is 0 Å². The Morgan fingerprint density at radius 3 is 2.40 bits per heavy atom. The molecule has 0 amide bonds. The molecule has 1 rings (SSSR count). The first kappa shape index (κ1) is 16.8. The maximum absolute atomic E-state index is 12.2. The Labute approximate surface area is 116 Å². The molecule has 0 aromatic carbocycles. The van der Waals surface area contributed by atoms with Crippen LogP contribution in [0.15, 0.2) is 6.20 Å². The Kier molecular flexibility index (Phi) is 5.07. The summed E-state index contributed by atoms with van der Waals surface area (Å²) in [6.45, 7) is 5.24. The van der Waals surface area contributed by atoms with Gasteiger partial charge >= 0.3 is 6.18 Å². The summed E-state index contributed by atoms with van der Waals surface area (Å²) in [7, 11) is 1.44. The van der Waals surface area contributed by atoms with Gasteiger partial charge in [-0.15, -0.1) is 0 Å². The van der Waals surface area contributed by atoms with Crippen molar-refractivity contribution >= 4 is 0 Å². The first-order valence-corrected chi connectivity index (χ1v) is 6.49. The third kappa shape index (κ3) is 4.13. The molecule has 0 saturated carbocycles. The number of hydrogen-bond donors (Lipinski definition) is 1. The molecule has 20 heavy (non-hydrogen) atoms. The first-order valence-electron chi connectivity index (χ1n) is 6.49. The average Bonchev–Trinajstić information content (AvgIpc) is 2.71. The lowest BCUT2D eigenvalue weighted by atomic mass is 9.94. The van der Waals surface area contributed by atoms with Crippen molar-refractivity contribution in [2.24, 2.45) is 0 Å². The lowest BCUT2D eigenvalue weighted by molar-refractivity contribution is -0.138. The molecule has 1 aromatic heterocycles. The lowest BCUT2D eigenvalue weighted by Crippen LogP contribution is -2.27. The molecule has 4 nitrogen and oxygen atoms in total. The fourth-order valence-electron chi connectivity index (χ4n) is 2.15. The van der Waals surface area contributed by atoms with Crippen molar-refractivity contribution in [3.63, 3.8) is 0 Å². The van der Waals surface area contributed by atoms with Crippen molar-refractivity contribution in [2.45, 2.75) is 57.9 Å². The highest BCUT2D eigenvalue weighted by atomic mass is 19.4. The molecule has 0 aliphatic rings. The Morgan fingerprint density at radius 1 is 1.35 bits per heavy atom. The van der Waals surface area contributed by atoms with Gasteiger partial charge in [0.15, 0.2) is 5.75 Å². The van der Waals surface area contributed by atoms with Crippen LogP contribution in [0.2, 0.25) is 0 Å². The van der Waals surface area contributed by atoms with Gasteiger partial charge in [0.25, 0.3) is 0 Å². The number of aliphatic hydroxyl groups is 1. The van der Waals surface area contributed by atoms with Crippen LogP contribution >= 0.6 is 0 Å². The highest BCUT2D eigenvalue weighted by molar-refractivity contribution is 5.30. The summed E-state index contributed by atoms with van der Waals surface area (Å²) >= 11 is 0. The van der Waals surface area contributed by atoms with Crippen LogP contribution in [0, 0.1) is 0 Å². The zero-order chi connectivity index (χ0) is 15.6. The molecule has 0 aliphatic carbocycles. The minimum atomic E-state index is -4.21. The van der Waals surface area contributed by atoms with Crippen LogP contribution in [0.4, 0.5) is 13.2 Å². The number of ether oxygens (including phenoxy) is 1. The van der Waals surface area contributed by atoms with Crippen LogP contribution in [-0.4, -0.2) is 28.2 Å². The number of methoxy groups -OCH3 is 1. The molecule has 0 spiro atoms. The normalized spacial score (nSPS) is 15.4. The van der Waals surface area contributed by atoms with Gasteiger partial charge in [0.2, 0.25) is 0 Å². The van der Waals surface area contributed by atoms with Gasteiger partial charge in [0.1, 0.15) is 11.3 Å². The molecule has 7 heteroatoms. The van der Waals surface area contributed by atoms with Crippen molar-refractivity contribution in [3.8, 4) is 5.75 Å². The summed E-state index contributed by atoms with van der Waals surface area (Å²) in [5.74, 6) is 0.385. The second-order valence-electron chi connectivity index (χ2n) is 5.34. The summed E-state index contributed by atoms with van der Waals surface area (Å²) in [5, 5.41) is 14.6. The zero-order valence-corrected chi connectivity index (χ0v) is 12.2. The number of rotatable bonds is 6. The third-order valence-electron chi connectivity index (χ3n) is 3.10. The second-order valence-corrected chi connectivity index (χ2v) is 5.34. The molecule has 1 heterocycles.